The van der Waals surface area contributed by atoms with Gasteiger partial charge in [-0.2, -0.15) is 0 Å². The Hall–Kier alpha value is -3.27. The van der Waals surface area contributed by atoms with Crippen molar-refractivity contribution in [2.24, 2.45) is 0 Å². The summed E-state index contributed by atoms with van der Waals surface area (Å²) in [5.41, 5.74) is 0.676. The molecule has 0 spiro atoms. The van der Waals surface area contributed by atoms with E-state index in [1.165, 1.54) is 27.2 Å². The van der Waals surface area contributed by atoms with E-state index in [0.29, 0.717) is 29.5 Å². The fourth-order valence-corrected chi connectivity index (χ4v) is 3.69. The van der Waals surface area contributed by atoms with Crippen LogP contribution in [0, 0.1) is 0 Å². The first-order valence-electron chi connectivity index (χ1n) is 9.47. The topological polar surface area (TPSA) is 120 Å². The van der Waals surface area contributed by atoms with Gasteiger partial charge in [-0.25, -0.2) is 8.42 Å². The Morgan fingerprint density at radius 2 is 1.61 bits per heavy atom. The van der Waals surface area contributed by atoms with Gasteiger partial charge in [-0.1, -0.05) is 0 Å². The molecule has 0 heterocycles. The number of methoxy groups -OCH3 is 2. The Morgan fingerprint density at radius 3 is 2.19 bits per heavy atom. The molecule has 1 atom stereocenters. The number of rotatable bonds is 10. The highest BCUT2D eigenvalue weighted by Gasteiger charge is 2.31. The fourth-order valence-electron chi connectivity index (χ4n) is 2.62. The number of carbonyl (C=O) groups is 2. The maximum atomic E-state index is 12.6. The van der Waals surface area contributed by atoms with Gasteiger partial charge >= 0.3 is 0 Å². The summed E-state index contributed by atoms with van der Waals surface area (Å²) in [5.74, 6) is -0.952. The number of ether oxygens (including phenoxy) is 3. The van der Waals surface area contributed by atoms with Gasteiger partial charge in [-0.15, -0.1) is 0 Å². The Kier molecular flexibility index (Phi) is 8.26. The third kappa shape index (κ3) is 6.61. The van der Waals surface area contributed by atoms with Crippen LogP contribution in [-0.2, 0) is 19.4 Å². The summed E-state index contributed by atoms with van der Waals surface area (Å²) in [6, 6.07) is 11.2. The third-order valence-corrected chi connectivity index (χ3v) is 6.31. The molecule has 0 bridgehead atoms. The van der Waals surface area contributed by atoms with E-state index in [1.54, 1.807) is 36.4 Å². The summed E-state index contributed by atoms with van der Waals surface area (Å²) in [6.45, 7) is 3.58. The molecule has 9 nitrogen and oxygen atoms in total. The van der Waals surface area contributed by atoms with Gasteiger partial charge in [0.25, 0.3) is 0 Å². The Balaban J connectivity index is 2.03. The van der Waals surface area contributed by atoms with E-state index >= 15 is 0 Å². The SMILES string of the molecule is CCOc1ccc(NC(=O)CS(=O)(=O)C(C)C(=O)Nc2cc(OC)ccc2OC)cc1. The van der Waals surface area contributed by atoms with Crippen LogP contribution in [0.25, 0.3) is 0 Å². The van der Waals surface area contributed by atoms with E-state index in [0.717, 1.165) is 0 Å². The van der Waals surface area contributed by atoms with Crippen molar-refractivity contribution in [3.8, 4) is 17.2 Å². The van der Waals surface area contributed by atoms with Crippen LogP contribution in [-0.4, -0.2) is 52.1 Å². The number of nitrogens with one attached hydrogen (secondary N) is 2. The van der Waals surface area contributed by atoms with Crippen molar-refractivity contribution in [1.82, 2.24) is 0 Å². The number of carbonyl (C=O) groups excluding carboxylic acids is 2. The average Bonchev–Trinajstić information content (AvgIpc) is 2.74. The average molecular weight is 451 g/mol. The number of hydrogen-bond acceptors (Lipinski definition) is 7. The maximum absolute atomic E-state index is 12.6. The monoisotopic (exact) mass is 450 g/mol. The van der Waals surface area contributed by atoms with Crippen LogP contribution in [0.4, 0.5) is 11.4 Å². The van der Waals surface area contributed by atoms with Crippen LogP contribution in [0.15, 0.2) is 42.5 Å². The second-order valence-electron chi connectivity index (χ2n) is 6.51. The van der Waals surface area contributed by atoms with Gasteiger partial charge in [0.05, 0.1) is 26.5 Å². The van der Waals surface area contributed by atoms with Crippen LogP contribution >= 0.6 is 0 Å². The molecule has 10 heteroatoms. The molecule has 2 rings (SSSR count). The van der Waals surface area contributed by atoms with Crippen molar-refractivity contribution in [3.05, 3.63) is 42.5 Å². The predicted molar refractivity (Wildman–Crippen MR) is 118 cm³/mol. The summed E-state index contributed by atoms with van der Waals surface area (Å²) in [5, 5.41) is 3.55. The minimum absolute atomic E-state index is 0.257. The number of benzene rings is 2. The molecule has 2 aromatic carbocycles. The molecule has 1 unspecified atom stereocenters. The Morgan fingerprint density at radius 1 is 0.968 bits per heavy atom. The molecule has 0 aliphatic heterocycles. The van der Waals surface area contributed by atoms with E-state index in [4.69, 9.17) is 14.2 Å². The molecular weight excluding hydrogens is 424 g/mol. The van der Waals surface area contributed by atoms with Gasteiger partial charge in [-0.3, -0.25) is 9.59 Å². The van der Waals surface area contributed by atoms with Crippen LogP contribution in [0.3, 0.4) is 0 Å². The van der Waals surface area contributed by atoms with Gasteiger partial charge in [-0.05, 0) is 50.2 Å². The number of anilines is 2. The van der Waals surface area contributed by atoms with Crippen molar-refractivity contribution in [2.75, 3.05) is 37.2 Å². The third-order valence-electron chi connectivity index (χ3n) is 4.35. The van der Waals surface area contributed by atoms with Crippen molar-refractivity contribution < 1.29 is 32.2 Å². The highest BCUT2D eigenvalue weighted by Crippen LogP contribution is 2.29. The first-order chi connectivity index (χ1) is 14.7. The van der Waals surface area contributed by atoms with Gasteiger partial charge in [0, 0.05) is 11.8 Å². The lowest BCUT2D eigenvalue weighted by atomic mass is 10.2. The molecule has 31 heavy (non-hydrogen) atoms. The summed E-state index contributed by atoms with van der Waals surface area (Å²) in [7, 11) is -1.19. The summed E-state index contributed by atoms with van der Waals surface area (Å²) < 4.78 is 40.8. The minimum atomic E-state index is -4.07. The molecule has 0 radical (unpaired) electrons. The highest BCUT2D eigenvalue weighted by atomic mass is 32.2. The Bertz CT molecular complexity index is 1020. The zero-order valence-electron chi connectivity index (χ0n) is 17.8. The molecule has 168 valence electrons. The number of sulfone groups is 1. The largest absolute Gasteiger partial charge is 0.497 e. The molecule has 2 N–H and O–H groups in total. The molecule has 2 amide bonds. The standard InChI is InChI=1S/C21H26N2O7S/c1-5-30-16-8-6-15(7-9-16)22-20(24)13-31(26,27)14(2)21(25)23-18-12-17(28-3)10-11-19(18)29-4/h6-12,14H,5,13H2,1-4H3,(H,22,24)(H,23,25). The molecule has 0 aliphatic carbocycles. The smallest absolute Gasteiger partial charge is 0.242 e. The lowest BCUT2D eigenvalue weighted by Gasteiger charge is -2.16. The molecule has 0 aliphatic rings. The second-order valence-corrected chi connectivity index (χ2v) is 8.83. The van der Waals surface area contributed by atoms with Crippen LogP contribution in [0.1, 0.15) is 13.8 Å². The van der Waals surface area contributed by atoms with E-state index in [-0.39, 0.29) is 5.69 Å². The highest BCUT2D eigenvalue weighted by molar-refractivity contribution is 7.93. The molecule has 0 fully saturated rings. The first kappa shape index (κ1) is 24.0. The lowest BCUT2D eigenvalue weighted by molar-refractivity contribution is -0.115. The number of amides is 2. The summed E-state index contributed by atoms with van der Waals surface area (Å²) >= 11 is 0. The van der Waals surface area contributed by atoms with E-state index in [2.05, 4.69) is 10.6 Å². The van der Waals surface area contributed by atoms with Gasteiger partial charge < -0.3 is 24.8 Å². The quantitative estimate of drug-likeness (QED) is 0.571. The van der Waals surface area contributed by atoms with Gasteiger partial charge in [0.1, 0.15) is 28.3 Å². The lowest BCUT2D eigenvalue weighted by Crippen LogP contribution is -2.37. The predicted octanol–water partition coefficient (Wildman–Crippen LogP) is 2.48. The maximum Gasteiger partial charge on any atom is 0.242 e. The summed E-state index contributed by atoms with van der Waals surface area (Å²) in [4.78, 5) is 24.8. The van der Waals surface area contributed by atoms with Gasteiger partial charge in [0.2, 0.25) is 11.8 Å². The minimum Gasteiger partial charge on any atom is -0.497 e. The summed E-state index contributed by atoms with van der Waals surface area (Å²) in [6.07, 6.45) is 0. The van der Waals surface area contributed by atoms with Crippen molar-refractivity contribution >= 4 is 33.0 Å². The molecule has 2 aromatic rings. The molecule has 0 aromatic heterocycles. The fraction of sp³-hybridized carbons (Fsp3) is 0.333. The van der Waals surface area contributed by atoms with E-state index in [1.807, 2.05) is 6.92 Å². The van der Waals surface area contributed by atoms with Gasteiger partial charge in [0.15, 0.2) is 9.84 Å². The van der Waals surface area contributed by atoms with Crippen molar-refractivity contribution in [3.63, 3.8) is 0 Å². The molecule has 0 saturated heterocycles. The first-order valence-corrected chi connectivity index (χ1v) is 11.2. The normalized spacial score (nSPS) is 11.9. The molecular formula is C21H26N2O7S. The van der Waals surface area contributed by atoms with Crippen molar-refractivity contribution in [1.29, 1.82) is 0 Å². The Labute approximate surface area is 181 Å². The zero-order chi connectivity index (χ0) is 23.0. The zero-order valence-corrected chi connectivity index (χ0v) is 18.6. The van der Waals surface area contributed by atoms with Crippen LogP contribution in [0.5, 0.6) is 17.2 Å². The van der Waals surface area contributed by atoms with E-state index in [9.17, 15) is 18.0 Å². The van der Waals surface area contributed by atoms with Crippen molar-refractivity contribution in [2.45, 2.75) is 19.1 Å². The number of hydrogen-bond donors (Lipinski definition) is 2. The molecule has 0 saturated carbocycles. The van der Waals surface area contributed by atoms with Crippen LogP contribution < -0.4 is 24.8 Å². The van der Waals surface area contributed by atoms with Crippen LogP contribution in [0.2, 0.25) is 0 Å². The second kappa shape index (κ2) is 10.7. The van der Waals surface area contributed by atoms with E-state index < -0.39 is 32.7 Å².